The Bertz CT molecular complexity index is 399. The van der Waals surface area contributed by atoms with E-state index in [9.17, 15) is 4.79 Å². The third-order valence-corrected chi connectivity index (χ3v) is 3.70. The number of ether oxygens (including phenoxy) is 1. The van der Waals surface area contributed by atoms with Crippen LogP contribution in [0.3, 0.4) is 0 Å². The predicted molar refractivity (Wildman–Crippen MR) is 71.7 cm³/mol. The van der Waals surface area contributed by atoms with Crippen LogP contribution in [0.4, 0.5) is 0 Å². The number of rotatable bonds is 3. The van der Waals surface area contributed by atoms with E-state index in [0.717, 1.165) is 12.3 Å². The van der Waals surface area contributed by atoms with Crippen LogP contribution in [-0.2, 0) is 11.3 Å². The Morgan fingerprint density at radius 1 is 1.17 bits per heavy atom. The summed E-state index contributed by atoms with van der Waals surface area (Å²) in [6.45, 7) is 5.17. The lowest BCUT2D eigenvalue weighted by molar-refractivity contribution is -0.125. The Kier molecular flexibility index (Phi) is 4.02. The van der Waals surface area contributed by atoms with E-state index in [1.165, 1.54) is 5.56 Å². The topological polar surface area (TPSA) is 29.5 Å². The fraction of sp³-hybridized carbons (Fsp3) is 0.533. The van der Waals surface area contributed by atoms with Crippen molar-refractivity contribution in [3.05, 3.63) is 29.8 Å². The van der Waals surface area contributed by atoms with Crippen molar-refractivity contribution in [2.24, 2.45) is 0 Å². The Morgan fingerprint density at radius 2 is 1.72 bits per heavy atom. The number of ketones is 1. The summed E-state index contributed by atoms with van der Waals surface area (Å²) in [5, 5.41) is 0. The van der Waals surface area contributed by atoms with Crippen molar-refractivity contribution in [3.63, 3.8) is 0 Å². The molecule has 3 heteroatoms. The molecule has 0 spiro atoms. The number of Topliss-reactive ketones (excluding diaryl/α,β-unsaturated/α-hetero) is 1. The van der Waals surface area contributed by atoms with Crippen LogP contribution in [0.5, 0.6) is 5.75 Å². The average Bonchev–Trinajstić information content (AvgIpc) is 2.34. The van der Waals surface area contributed by atoms with Crippen LogP contribution in [0.25, 0.3) is 0 Å². The van der Waals surface area contributed by atoms with E-state index in [2.05, 4.69) is 30.9 Å². The fourth-order valence-electron chi connectivity index (χ4n) is 2.66. The molecule has 1 unspecified atom stereocenters. The Hall–Kier alpha value is -1.35. The highest BCUT2D eigenvalue weighted by Crippen LogP contribution is 2.23. The molecular weight excluding hydrogens is 226 g/mol. The van der Waals surface area contributed by atoms with Gasteiger partial charge >= 0.3 is 0 Å². The summed E-state index contributed by atoms with van der Waals surface area (Å²) >= 11 is 0. The first-order valence-electron chi connectivity index (χ1n) is 6.50. The van der Waals surface area contributed by atoms with Crippen LogP contribution in [0.1, 0.15) is 32.3 Å². The van der Waals surface area contributed by atoms with E-state index >= 15 is 0 Å². The molecule has 0 aromatic heterocycles. The smallest absolute Gasteiger partial charge is 0.136 e. The van der Waals surface area contributed by atoms with Gasteiger partial charge in [-0.1, -0.05) is 12.1 Å². The number of hydrogen-bond acceptors (Lipinski definition) is 3. The van der Waals surface area contributed by atoms with Gasteiger partial charge in [-0.15, -0.1) is 0 Å². The van der Waals surface area contributed by atoms with Crippen LogP contribution in [0, 0.1) is 0 Å². The van der Waals surface area contributed by atoms with Crippen molar-refractivity contribution in [2.45, 2.75) is 45.3 Å². The van der Waals surface area contributed by atoms with Crippen molar-refractivity contribution in [3.8, 4) is 5.75 Å². The molecule has 1 fully saturated rings. The highest BCUT2D eigenvalue weighted by Gasteiger charge is 2.29. The Balaban J connectivity index is 2.05. The molecule has 2 atom stereocenters. The molecule has 1 saturated heterocycles. The molecule has 0 N–H and O–H groups in total. The number of benzene rings is 1. The number of carbonyl (C=O) groups excluding carboxylic acids is 1. The lowest BCUT2D eigenvalue weighted by Crippen LogP contribution is -2.46. The minimum atomic E-state index is 0.336. The average molecular weight is 247 g/mol. The fourth-order valence-corrected chi connectivity index (χ4v) is 2.66. The molecule has 0 radical (unpaired) electrons. The van der Waals surface area contributed by atoms with Crippen molar-refractivity contribution >= 4 is 5.78 Å². The summed E-state index contributed by atoms with van der Waals surface area (Å²) in [7, 11) is 1.68. The first-order chi connectivity index (χ1) is 8.60. The molecule has 1 aromatic carbocycles. The third-order valence-electron chi connectivity index (χ3n) is 3.70. The lowest BCUT2D eigenvalue weighted by Gasteiger charge is -2.38. The van der Waals surface area contributed by atoms with Gasteiger partial charge in [-0.3, -0.25) is 9.69 Å². The van der Waals surface area contributed by atoms with Crippen LogP contribution in [-0.4, -0.2) is 29.9 Å². The van der Waals surface area contributed by atoms with Crippen molar-refractivity contribution in [2.75, 3.05) is 7.11 Å². The molecule has 98 valence electrons. The van der Waals surface area contributed by atoms with Crippen LogP contribution in [0.15, 0.2) is 24.3 Å². The van der Waals surface area contributed by atoms with Gasteiger partial charge in [0, 0.05) is 31.5 Å². The van der Waals surface area contributed by atoms with E-state index in [0.29, 0.717) is 30.7 Å². The van der Waals surface area contributed by atoms with Crippen molar-refractivity contribution in [1.82, 2.24) is 4.90 Å². The lowest BCUT2D eigenvalue weighted by atomic mass is 9.95. The van der Waals surface area contributed by atoms with Crippen LogP contribution in [0.2, 0.25) is 0 Å². The number of piperidine rings is 1. The van der Waals surface area contributed by atoms with Gasteiger partial charge in [0.25, 0.3) is 0 Å². The summed E-state index contributed by atoms with van der Waals surface area (Å²) < 4.78 is 5.16. The Morgan fingerprint density at radius 3 is 2.22 bits per heavy atom. The van der Waals surface area contributed by atoms with Gasteiger partial charge in [-0.05, 0) is 31.5 Å². The Labute approximate surface area is 109 Å². The molecule has 0 saturated carbocycles. The summed E-state index contributed by atoms with van der Waals surface area (Å²) in [6, 6.07) is 8.83. The largest absolute Gasteiger partial charge is 0.497 e. The van der Waals surface area contributed by atoms with E-state index in [1.54, 1.807) is 7.11 Å². The van der Waals surface area contributed by atoms with E-state index in [4.69, 9.17) is 4.74 Å². The van der Waals surface area contributed by atoms with Gasteiger partial charge in [0.1, 0.15) is 11.5 Å². The molecule has 0 aliphatic carbocycles. The number of methoxy groups -OCH3 is 1. The SMILES string of the molecule is COc1ccc(CN2C(C)CC(=O)C[C@H]2C)cc1. The maximum absolute atomic E-state index is 11.5. The molecule has 0 amide bonds. The molecule has 1 aromatic rings. The van der Waals surface area contributed by atoms with E-state index in [-0.39, 0.29) is 0 Å². The maximum atomic E-state index is 11.5. The second-order valence-electron chi connectivity index (χ2n) is 5.17. The molecule has 1 aliphatic rings. The van der Waals surface area contributed by atoms with Gasteiger partial charge in [-0.2, -0.15) is 0 Å². The van der Waals surface area contributed by atoms with Crippen LogP contribution < -0.4 is 4.74 Å². The minimum Gasteiger partial charge on any atom is -0.497 e. The monoisotopic (exact) mass is 247 g/mol. The first kappa shape index (κ1) is 13.1. The molecular formula is C15H21NO2. The first-order valence-corrected chi connectivity index (χ1v) is 6.50. The van der Waals surface area contributed by atoms with Gasteiger partial charge in [0.15, 0.2) is 0 Å². The zero-order chi connectivity index (χ0) is 13.1. The van der Waals surface area contributed by atoms with E-state index < -0.39 is 0 Å². The number of nitrogens with zero attached hydrogens (tertiary/aromatic N) is 1. The summed E-state index contributed by atoms with van der Waals surface area (Å²) in [5.41, 5.74) is 1.27. The van der Waals surface area contributed by atoms with Gasteiger partial charge < -0.3 is 4.74 Å². The summed E-state index contributed by atoms with van der Waals surface area (Å²) in [5.74, 6) is 1.27. The normalized spacial score (nSPS) is 25.2. The van der Waals surface area contributed by atoms with Crippen LogP contribution >= 0.6 is 0 Å². The van der Waals surface area contributed by atoms with Gasteiger partial charge in [0.2, 0.25) is 0 Å². The maximum Gasteiger partial charge on any atom is 0.136 e. The zero-order valence-corrected chi connectivity index (χ0v) is 11.3. The molecule has 18 heavy (non-hydrogen) atoms. The highest BCUT2D eigenvalue weighted by atomic mass is 16.5. The second kappa shape index (κ2) is 5.53. The molecule has 3 nitrogen and oxygen atoms in total. The highest BCUT2D eigenvalue weighted by molar-refractivity contribution is 5.80. The standard InChI is InChI=1S/C15H21NO2/c1-11-8-14(17)9-12(2)16(11)10-13-4-6-15(18-3)7-5-13/h4-7,11-12H,8-10H2,1-3H3/t11-,12?/m1/s1. The van der Waals surface area contributed by atoms with Crippen molar-refractivity contribution in [1.29, 1.82) is 0 Å². The molecule has 2 rings (SSSR count). The molecule has 1 heterocycles. The zero-order valence-electron chi connectivity index (χ0n) is 11.3. The number of hydrogen-bond donors (Lipinski definition) is 0. The second-order valence-corrected chi connectivity index (χ2v) is 5.17. The number of carbonyl (C=O) groups is 1. The predicted octanol–water partition coefficient (Wildman–Crippen LogP) is 2.64. The van der Waals surface area contributed by atoms with Gasteiger partial charge in [-0.25, -0.2) is 0 Å². The van der Waals surface area contributed by atoms with Crippen molar-refractivity contribution < 1.29 is 9.53 Å². The van der Waals surface area contributed by atoms with Gasteiger partial charge in [0.05, 0.1) is 7.11 Å². The quantitative estimate of drug-likeness (QED) is 0.822. The van der Waals surface area contributed by atoms with E-state index in [1.807, 2.05) is 12.1 Å². The summed E-state index contributed by atoms with van der Waals surface area (Å²) in [6.07, 6.45) is 1.36. The number of likely N-dealkylation sites (tertiary alicyclic amines) is 1. The summed E-state index contributed by atoms with van der Waals surface area (Å²) in [4.78, 5) is 13.9. The molecule has 0 bridgehead atoms. The minimum absolute atomic E-state index is 0.336. The molecule has 1 aliphatic heterocycles. The third kappa shape index (κ3) is 2.91.